The third-order valence-electron chi connectivity index (χ3n) is 4.81. The Labute approximate surface area is 132 Å². The predicted molar refractivity (Wildman–Crippen MR) is 87.4 cm³/mol. The van der Waals surface area contributed by atoms with Gasteiger partial charge in [-0.3, -0.25) is 0 Å². The maximum Gasteiger partial charge on any atom is 0.102 e. The van der Waals surface area contributed by atoms with E-state index in [2.05, 4.69) is 28.4 Å². The summed E-state index contributed by atoms with van der Waals surface area (Å²) in [5, 5.41) is 13.1. The van der Waals surface area contributed by atoms with Gasteiger partial charge in [0.05, 0.1) is 11.3 Å². The van der Waals surface area contributed by atoms with E-state index >= 15 is 0 Å². The highest BCUT2D eigenvalue weighted by Crippen LogP contribution is 2.48. The average Bonchev–Trinajstić information content (AvgIpc) is 3.39. The molecule has 2 aliphatic carbocycles. The van der Waals surface area contributed by atoms with Crippen LogP contribution in [0.4, 0.5) is 5.69 Å². The largest absolute Gasteiger partial charge is 0.368 e. The van der Waals surface area contributed by atoms with Crippen LogP contribution in [0, 0.1) is 11.3 Å². The van der Waals surface area contributed by atoms with E-state index in [4.69, 9.17) is 0 Å². The molecule has 1 saturated heterocycles. The number of rotatable bonds is 3. The van der Waals surface area contributed by atoms with E-state index in [0.717, 1.165) is 37.7 Å². The molecule has 0 radical (unpaired) electrons. The zero-order chi connectivity index (χ0) is 13.5. The van der Waals surface area contributed by atoms with Gasteiger partial charge >= 0.3 is 0 Å². The van der Waals surface area contributed by atoms with E-state index < -0.39 is 0 Å². The molecule has 1 aromatic carbocycles. The molecule has 3 nitrogen and oxygen atoms in total. The van der Waals surface area contributed by atoms with E-state index in [1.807, 2.05) is 0 Å². The number of anilines is 1. The van der Waals surface area contributed by atoms with Crippen LogP contribution in [-0.4, -0.2) is 26.2 Å². The minimum absolute atomic E-state index is 0. The van der Waals surface area contributed by atoms with Crippen LogP contribution in [0.25, 0.3) is 0 Å². The van der Waals surface area contributed by atoms with Gasteiger partial charge in [-0.25, -0.2) is 0 Å². The lowest BCUT2D eigenvalue weighted by Crippen LogP contribution is -2.44. The Kier molecular flexibility index (Phi) is 4.10. The Morgan fingerprint density at radius 3 is 2.29 bits per heavy atom. The van der Waals surface area contributed by atoms with Gasteiger partial charge in [0.1, 0.15) is 6.07 Å². The van der Waals surface area contributed by atoms with Crippen molar-refractivity contribution < 1.29 is 0 Å². The summed E-state index contributed by atoms with van der Waals surface area (Å²) in [6, 6.07) is 7.17. The van der Waals surface area contributed by atoms with Crippen molar-refractivity contribution in [1.29, 1.82) is 5.26 Å². The molecule has 0 spiro atoms. The first-order chi connectivity index (χ1) is 9.86. The highest BCUT2D eigenvalue weighted by Gasteiger charge is 2.32. The van der Waals surface area contributed by atoms with Gasteiger partial charge < -0.3 is 10.2 Å². The SMILES string of the molecule is Cl.N#Cc1c(C2CC2)cc(C2CC2)cc1N1CCNCC1. The quantitative estimate of drug-likeness (QED) is 0.932. The molecule has 4 rings (SSSR count). The monoisotopic (exact) mass is 303 g/mol. The van der Waals surface area contributed by atoms with Gasteiger partial charge in [0.2, 0.25) is 0 Å². The smallest absolute Gasteiger partial charge is 0.102 e. The Balaban J connectivity index is 0.00000132. The molecular weight excluding hydrogens is 282 g/mol. The van der Waals surface area contributed by atoms with E-state index in [1.54, 1.807) is 0 Å². The third kappa shape index (κ3) is 2.88. The molecule has 2 saturated carbocycles. The van der Waals surface area contributed by atoms with Crippen molar-refractivity contribution in [1.82, 2.24) is 5.32 Å². The first kappa shape index (κ1) is 14.7. The highest BCUT2D eigenvalue weighted by atomic mass is 35.5. The van der Waals surface area contributed by atoms with Gasteiger partial charge in [0.15, 0.2) is 0 Å². The average molecular weight is 304 g/mol. The van der Waals surface area contributed by atoms with Gasteiger partial charge in [-0.05, 0) is 54.7 Å². The zero-order valence-corrected chi connectivity index (χ0v) is 13.1. The van der Waals surface area contributed by atoms with Crippen LogP contribution >= 0.6 is 12.4 Å². The van der Waals surface area contributed by atoms with E-state index in [0.29, 0.717) is 5.92 Å². The van der Waals surface area contributed by atoms with Gasteiger partial charge in [0.25, 0.3) is 0 Å². The summed E-state index contributed by atoms with van der Waals surface area (Å²) in [5.41, 5.74) is 4.99. The fourth-order valence-corrected chi connectivity index (χ4v) is 3.32. The molecule has 1 heterocycles. The van der Waals surface area contributed by atoms with E-state index in [9.17, 15) is 5.26 Å². The van der Waals surface area contributed by atoms with Crippen molar-refractivity contribution in [2.24, 2.45) is 0 Å². The van der Waals surface area contributed by atoms with E-state index in [1.165, 1.54) is 42.5 Å². The number of hydrogen-bond acceptors (Lipinski definition) is 3. The lowest BCUT2D eigenvalue weighted by molar-refractivity contribution is 0.588. The first-order valence-electron chi connectivity index (χ1n) is 7.90. The number of hydrogen-bond donors (Lipinski definition) is 1. The third-order valence-corrected chi connectivity index (χ3v) is 4.81. The van der Waals surface area contributed by atoms with Crippen LogP contribution in [0.2, 0.25) is 0 Å². The second-order valence-corrected chi connectivity index (χ2v) is 6.40. The van der Waals surface area contributed by atoms with Crippen LogP contribution in [0.3, 0.4) is 0 Å². The topological polar surface area (TPSA) is 39.1 Å². The molecule has 3 fully saturated rings. The van der Waals surface area contributed by atoms with Crippen LogP contribution < -0.4 is 10.2 Å². The molecule has 3 aliphatic rings. The summed E-state index contributed by atoms with van der Waals surface area (Å²) in [7, 11) is 0. The zero-order valence-electron chi connectivity index (χ0n) is 12.3. The summed E-state index contributed by atoms with van der Waals surface area (Å²) in [6.07, 6.45) is 5.20. The van der Waals surface area contributed by atoms with Crippen molar-refractivity contribution in [3.63, 3.8) is 0 Å². The van der Waals surface area contributed by atoms with Crippen LogP contribution in [-0.2, 0) is 0 Å². The van der Waals surface area contributed by atoms with Crippen LogP contribution in [0.1, 0.15) is 54.2 Å². The lowest BCUT2D eigenvalue weighted by atomic mass is 9.96. The standard InChI is InChI=1S/C17H21N3.ClH/c18-11-16-15(13-3-4-13)9-14(12-1-2-12)10-17(16)20-7-5-19-6-8-20;/h9-10,12-13,19H,1-8H2;1H. The number of nitrogens with one attached hydrogen (secondary N) is 1. The Bertz CT molecular complexity index is 564. The lowest BCUT2D eigenvalue weighted by Gasteiger charge is -2.31. The molecule has 112 valence electrons. The number of nitrogens with zero attached hydrogens (tertiary/aromatic N) is 2. The van der Waals surface area contributed by atoms with Crippen LogP contribution in [0.5, 0.6) is 0 Å². The number of benzene rings is 1. The summed E-state index contributed by atoms with van der Waals surface area (Å²) in [4.78, 5) is 2.41. The normalized spacial score (nSPS) is 21.6. The molecule has 4 heteroatoms. The maximum atomic E-state index is 9.66. The molecule has 1 N–H and O–H groups in total. The number of halogens is 1. The van der Waals surface area contributed by atoms with Gasteiger partial charge in [0, 0.05) is 26.2 Å². The van der Waals surface area contributed by atoms with Gasteiger partial charge in [-0.2, -0.15) is 5.26 Å². The molecule has 1 aliphatic heterocycles. The summed E-state index contributed by atoms with van der Waals surface area (Å²) >= 11 is 0. The van der Waals surface area contributed by atoms with Crippen molar-refractivity contribution in [3.05, 3.63) is 28.8 Å². The molecule has 0 aromatic heterocycles. The Morgan fingerprint density at radius 1 is 1.05 bits per heavy atom. The summed E-state index contributed by atoms with van der Waals surface area (Å²) in [5.74, 6) is 1.42. The molecule has 0 unspecified atom stereocenters. The Morgan fingerprint density at radius 2 is 1.71 bits per heavy atom. The van der Waals surface area contributed by atoms with Gasteiger partial charge in [-0.1, -0.05) is 6.07 Å². The molecule has 21 heavy (non-hydrogen) atoms. The van der Waals surface area contributed by atoms with Crippen molar-refractivity contribution in [2.75, 3.05) is 31.1 Å². The molecule has 0 atom stereocenters. The first-order valence-corrected chi connectivity index (χ1v) is 7.90. The molecule has 0 bridgehead atoms. The highest BCUT2D eigenvalue weighted by molar-refractivity contribution is 5.85. The van der Waals surface area contributed by atoms with Crippen LogP contribution in [0.15, 0.2) is 12.1 Å². The summed E-state index contributed by atoms with van der Waals surface area (Å²) in [6.45, 7) is 4.09. The second-order valence-electron chi connectivity index (χ2n) is 6.40. The molecule has 0 amide bonds. The number of nitriles is 1. The minimum Gasteiger partial charge on any atom is -0.368 e. The van der Waals surface area contributed by atoms with Gasteiger partial charge in [-0.15, -0.1) is 12.4 Å². The van der Waals surface area contributed by atoms with Crippen molar-refractivity contribution in [2.45, 2.75) is 37.5 Å². The predicted octanol–water partition coefficient (Wildman–Crippen LogP) is 3.14. The molecular formula is C17H22ClN3. The van der Waals surface area contributed by atoms with Crippen molar-refractivity contribution in [3.8, 4) is 6.07 Å². The van der Waals surface area contributed by atoms with Crippen molar-refractivity contribution >= 4 is 18.1 Å². The fourth-order valence-electron chi connectivity index (χ4n) is 3.32. The maximum absolute atomic E-state index is 9.66. The number of piperazine rings is 1. The van der Waals surface area contributed by atoms with E-state index in [-0.39, 0.29) is 12.4 Å². The Hall–Kier alpha value is -1.24. The molecule has 1 aromatic rings. The minimum atomic E-state index is 0. The summed E-state index contributed by atoms with van der Waals surface area (Å²) < 4.78 is 0. The second kappa shape index (κ2) is 5.87. The fraction of sp³-hybridized carbons (Fsp3) is 0.588.